The smallest absolute Gasteiger partial charge is 0.123 e. The SMILES string of the molecule is CCCN(c1ccc(C(=N)N)c(C)c1)C(C)C. The van der Waals surface area contributed by atoms with Gasteiger partial charge in [0.1, 0.15) is 5.84 Å². The van der Waals surface area contributed by atoms with E-state index >= 15 is 0 Å². The van der Waals surface area contributed by atoms with Crippen LogP contribution in [0.25, 0.3) is 0 Å². The Hall–Kier alpha value is -1.51. The highest BCUT2D eigenvalue weighted by Crippen LogP contribution is 2.21. The fourth-order valence-corrected chi connectivity index (χ4v) is 2.06. The summed E-state index contributed by atoms with van der Waals surface area (Å²) in [5.74, 6) is 0.139. The second-order valence-electron chi connectivity index (χ2n) is 4.70. The first-order chi connectivity index (χ1) is 7.97. The van der Waals surface area contributed by atoms with Gasteiger partial charge in [-0.1, -0.05) is 6.92 Å². The number of nitrogen functional groups attached to an aromatic ring is 1. The van der Waals surface area contributed by atoms with Crippen LogP contribution in [0.3, 0.4) is 0 Å². The summed E-state index contributed by atoms with van der Waals surface area (Å²) in [4.78, 5) is 2.37. The topological polar surface area (TPSA) is 53.1 Å². The van der Waals surface area contributed by atoms with E-state index in [-0.39, 0.29) is 5.84 Å². The maximum Gasteiger partial charge on any atom is 0.123 e. The van der Waals surface area contributed by atoms with Crippen molar-refractivity contribution >= 4 is 11.5 Å². The molecule has 0 saturated carbocycles. The van der Waals surface area contributed by atoms with Gasteiger partial charge in [-0.3, -0.25) is 5.41 Å². The van der Waals surface area contributed by atoms with Crippen LogP contribution < -0.4 is 10.6 Å². The van der Waals surface area contributed by atoms with Crippen molar-refractivity contribution in [3.63, 3.8) is 0 Å². The Bertz CT molecular complexity index is 396. The molecule has 1 aromatic carbocycles. The van der Waals surface area contributed by atoms with Crippen molar-refractivity contribution in [2.75, 3.05) is 11.4 Å². The largest absolute Gasteiger partial charge is 0.384 e. The van der Waals surface area contributed by atoms with Crippen molar-refractivity contribution in [2.24, 2.45) is 5.73 Å². The van der Waals surface area contributed by atoms with Crippen LogP contribution in [0.1, 0.15) is 38.3 Å². The van der Waals surface area contributed by atoms with Crippen molar-refractivity contribution in [3.05, 3.63) is 29.3 Å². The highest BCUT2D eigenvalue weighted by Gasteiger charge is 2.11. The number of nitrogens with zero attached hydrogens (tertiary/aromatic N) is 1. The predicted octanol–water partition coefficient (Wildman–Crippen LogP) is 2.90. The number of rotatable bonds is 5. The van der Waals surface area contributed by atoms with Crippen LogP contribution in [0.2, 0.25) is 0 Å². The molecule has 0 fully saturated rings. The minimum Gasteiger partial charge on any atom is -0.384 e. The fraction of sp³-hybridized carbons (Fsp3) is 0.500. The molecule has 17 heavy (non-hydrogen) atoms. The summed E-state index contributed by atoms with van der Waals surface area (Å²) in [6.07, 6.45) is 1.13. The molecule has 0 unspecified atom stereocenters. The van der Waals surface area contributed by atoms with Gasteiger partial charge in [0.15, 0.2) is 0 Å². The number of benzene rings is 1. The molecule has 0 amide bonds. The van der Waals surface area contributed by atoms with E-state index in [4.69, 9.17) is 11.1 Å². The van der Waals surface area contributed by atoms with E-state index in [0.29, 0.717) is 6.04 Å². The average Bonchev–Trinajstić information content (AvgIpc) is 2.24. The molecule has 1 aromatic rings. The summed E-state index contributed by atoms with van der Waals surface area (Å²) in [6.45, 7) is 9.64. The van der Waals surface area contributed by atoms with Crippen LogP contribution in [0.4, 0.5) is 5.69 Å². The van der Waals surface area contributed by atoms with Crippen LogP contribution in [-0.4, -0.2) is 18.4 Å². The quantitative estimate of drug-likeness (QED) is 0.607. The molecule has 94 valence electrons. The molecule has 0 aliphatic carbocycles. The van der Waals surface area contributed by atoms with E-state index in [0.717, 1.165) is 24.1 Å². The zero-order chi connectivity index (χ0) is 13.0. The number of hydrogen-bond donors (Lipinski definition) is 2. The molecule has 0 heterocycles. The minimum absolute atomic E-state index is 0.139. The Labute approximate surface area is 104 Å². The number of nitrogens with one attached hydrogen (secondary N) is 1. The van der Waals surface area contributed by atoms with Gasteiger partial charge in [-0.25, -0.2) is 0 Å². The lowest BCUT2D eigenvalue weighted by Crippen LogP contribution is -2.31. The molecule has 3 N–H and O–H groups in total. The first kappa shape index (κ1) is 13.6. The van der Waals surface area contributed by atoms with Crippen molar-refractivity contribution in [3.8, 4) is 0 Å². The number of anilines is 1. The van der Waals surface area contributed by atoms with Crippen molar-refractivity contribution < 1.29 is 0 Å². The highest BCUT2D eigenvalue weighted by atomic mass is 15.1. The van der Waals surface area contributed by atoms with Gasteiger partial charge in [-0.15, -0.1) is 0 Å². The lowest BCUT2D eigenvalue weighted by Gasteiger charge is -2.29. The fourth-order valence-electron chi connectivity index (χ4n) is 2.06. The molecule has 0 aromatic heterocycles. The number of amidine groups is 1. The van der Waals surface area contributed by atoms with E-state index in [1.165, 1.54) is 5.69 Å². The second kappa shape index (κ2) is 5.71. The summed E-state index contributed by atoms with van der Waals surface area (Å²) >= 11 is 0. The first-order valence-corrected chi connectivity index (χ1v) is 6.19. The van der Waals surface area contributed by atoms with Gasteiger partial charge in [-0.05, 0) is 51.0 Å². The minimum atomic E-state index is 0.139. The summed E-state index contributed by atoms with van der Waals surface area (Å²) < 4.78 is 0. The van der Waals surface area contributed by atoms with E-state index in [9.17, 15) is 0 Å². The summed E-state index contributed by atoms with van der Waals surface area (Å²) in [7, 11) is 0. The summed E-state index contributed by atoms with van der Waals surface area (Å²) in [6, 6.07) is 6.60. The zero-order valence-corrected chi connectivity index (χ0v) is 11.2. The van der Waals surface area contributed by atoms with Gasteiger partial charge >= 0.3 is 0 Å². The van der Waals surface area contributed by atoms with E-state index in [1.807, 2.05) is 13.0 Å². The lowest BCUT2D eigenvalue weighted by molar-refractivity contribution is 0.671. The van der Waals surface area contributed by atoms with Gasteiger partial charge in [0.05, 0.1) is 0 Å². The maximum absolute atomic E-state index is 7.48. The Morgan fingerprint density at radius 2 is 2.06 bits per heavy atom. The molecule has 0 spiro atoms. The molecule has 0 bridgehead atoms. The molecule has 0 aliphatic rings. The van der Waals surface area contributed by atoms with Crippen LogP contribution in [-0.2, 0) is 0 Å². The second-order valence-corrected chi connectivity index (χ2v) is 4.70. The number of hydrogen-bond acceptors (Lipinski definition) is 2. The average molecular weight is 233 g/mol. The van der Waals surface area contributed by atoms with Gasteiger partial charge < -0.3 is 10.6 Å². The van der Waals surface area contributed by atoms with Gasteiger partial charge in [0.25, 0.3) is 0 Å². The monoisotopic (exact) mass is 233 g/mol. The molecule has 0 saturated heterocycles. The van der Waals surface area contributed by atoms with E-state index in [1.54, 1.807) is 0 Å². The number of nitrogens with two attached hydrogens (primary N) is 1. The molecule has 3 nitrogen and oxygen atoms in total. The summed E-state index contributed by atoms with van der Waals surface area (Å²) in [5.41, 5.74) is 8.64. The summed E-state index contributed by atoms with van der Waals surface area (Å²) in [5, 5.41) is 7.48. The van der Waals surface area contributed by atoms with Crippen molar-refractivity contribution in [1.29, 1.82) is 5.41 Å². The standard InChI is InChI=1S/C14H23N3/c1-5-8-17(10(2)3)12-6-7-13(14(15)16)11(4)9-12/h6-7,9-10H,5,8H2,1-4H3,(H3,15,16). The molecular weight excluding hydrogens is 210 g/mol. The molecule has 3 heteroatoms. The van der Waals surface area contributed by atoms with Crippen LogP contribution in [0.15, 0.2) is 18.2 Å². The molecule has 0 radical (unpaired) electrons. The van der Waals surface area contributed by atoms with Crippen LogP contribution in [0, 0.1) is 12.3 Å². The highest BCUT2D eigenvalue weighted by molar-refractivity contribution is 5.96. The van der Waals surface area contributed by atoms with Gasteiger partial charge in [0.2, 0.25) is 0 Å². The van der Waals surface area contributed by atoms with Crippen molar-refractivity contribution in [1.82, 2.24) is 0 Å². The number of aryl methyl sites for hydroxylation is 1. The third kappa shape index (κ3) is 3.22. The lowest BCUT2D eigenvalue weighted by atomic mass is 10.1. The molecular formula is C14H23N3. The Morgan fingerprint density at radius 1 is 1.41 bits per heavy atom. The Kier molecular flexibility index (Phi) is 4.55. The van der Waals surface area contributed by atoms with E-state index < -0.39 is 0 Å². The van der Waals surface area contributed by atoms with Gasteiger partial charge in [-0.2, -0.15) is 0 Å². The van der Waals surface area contributed by atoms with Crippen LogP contribution >= 0.6 is 0 Å². The third-order valence-electron chi connectivity index (χ3n) is 2.92. The van der Waals surface area contributed by atoms with Crippen molar-refractivity contribution in [2.45, 2.75) is 40.2 Å². The molecule has 0 aliphatic heterocycles. The van der Waals surface area contributed by atoms with E-state index in [2.05, 4.69) is 37.8 Å². The van der Waals surface area contributed by atoms with Crippen LogP contribution in [0.5, 0.6) is 0 Å². The predicted molar refractivity (Wildman–Crippen MR) is 75.0 cm³/mol. The zero-order valence-electron chi connectivity index (χ0n) is 11.2. The Balaban J connectivity index is 3.06. The molecule has 0 atom stereocenters. The maximum atomic E-state index is 7.48. The third-order valence-corrected chi connectivity index (χ3v) is 2.92. The normalized spacial score (nSPS) is 10.6. The Morgan fingerprint density at radius 3 is 2.47 bits per heavy atom. The van der Waals surface area contributed by atoms with Gasteiger partial charge in [0, 0.05) is 23.8 Å². The first-order valence-electron chi connectivity index (χ1n) is 6.19. The molecule has 1 rings (SSSR count).